The van der Waals surface area contributed by atoms with Crippen molar-refractivity contribution in [2.45, 2.75) is 32.2 Å². The molecule has 1 aliphatic carbocycles. The molecule has 0 bridgehead atoms. The first-order chi connectivity index (χ1) is 9.56. The van der Waals surface area contributed by atoms with Crippen LogP contribution in [0.15, 0.2) is 28.7 Å². The molecule has 0 saturated heterocycles. The summed E-state index contributed by atoms with van der Waals surface area (Å²) in [6.07, 6.45) is 2.55. The summed E-state index contributed by atoms with van der Waals surface area (Å²) in [5, 5.41) is 11.9. The monoisotopic (exact) mass is 339 g/mol. The Labute approximate surface area is 126 Å². The zero-order chi connectivity index (χ0) is 14.5. The molecule has 0 aliphatic heterocycles. The molecule has 1 saturated carbocycles. The molecule has 20 heavy (non-hydrogen) atoms. The lowest BCUT2D eigenvalue weighted by Gasteiger charge is -2.25. The molecular weight excluding hydrogens is 322 g/mol. The van der Waals surface area contributed by atoms with E-state index in [1.54, 1.807) is 0 Å². The number of halogens is 1. The molecule has 1 fully saturated rings. The summed E-state index contributed by atoms with van der Waals surface area (Å²) in [6, 6.07) is 7.82. The predicted molar refractivity (Wildman–Crippen MR) is 79.1 cm³/mol. The molecule has 4 nitrogen and oxygen atoms in total. The molecule has 0 atom stereocenters. The number of carboxylic acids is 1. The summed E-state index contributed by atoms with van der Waals surface area (Å²) >= 11 is 3.37. The molecule has 0 unspecified atom stereocenters. The van der Waals surface area contributed by atoms with Crippen molar-refractivity contribution in [1.82, 2.24) is 5.32 Å². The van der Waals surface area contributed by atoms with Crippen LogP contribution in [0.25, 0.3) is 0 Å². The second kappa shape index (κ2) is 6.88. The van der Waals surface area contributed by atoms with Crippen LogP contribution in [0, 0.1) is 11.8 Å². The van der Waals surface area contributed by atoms with Gasteiger partial charge in [0, 0.05) is 16.9 Å². The van der Waals surface area contributed by atoms with Crippen LogP contribution >= 0.6 is 15.9 Å². The Morgan fingerprint density at radius 2 is 1.65 bits per heavy atom. The molecule has 2 rings (SSSR count). The maximum Gasteiger partial charge on any atom is 0.306 e. The standard InChI is InChI=1S/C15H18BrNO3/c16-13-7-1-10(2-8-13)9-17-14(18)11-3-5-12(6-4-11)15(19)20/h1-2,7-8,11-12H,3-6,9H2,(H,17,18)(H,19,20). The SMILES string of the molecule is O=C(O)C1CCC(C(=O)NCc2ccc(Br)cc2)CC1. The van der Waals surface area contributed by atoms with E-state index in [2.05, 4.69) is 21.2 Å². The fraction of sp³-hybridized carbons (Fsp3) is 0.467. The minimum atomic E-state index is -0.737. The molecule has 0 aromatic heterocycles. The van der Waals surface area contributed by atoms with Gasteiger partial charge in [0.2, 0.25) is 5.91 Å². The molecule has 5 heteroatoms. The molecule has 1 aromatic rings. The number of hydrogen-bond acceptors (Lipinski definition) is 2. The van der Waals surface area contributed by atoms with Crippen molar-refractivity contribution in [3.63, 3.8) is 0 Å². The van der Waals surface area contributed by atoms with Crippen molar-refractivity contribution in [1.29, 1.82) is 0 Å². The summed E-state index contributed by atoms with van der Waals surface area (Å²) < 4.78 is 1.01. The zero-order valence-corrected chi connectivity index (χ0v) is 12.7. The lowest BCUT2D eigenvalue weighted by atomic mass is 9.81. The van der Waals surface area contributed by atoms with Crippen LogP contribution in [0.3, 0.4) is 0 Å². The van der Waals surface area contributed by atoms with E-state index in [4.69, 9.17) is 5.11 Å². The third kappa shape index (κ3) is 4.07. The number of rotatable bonds is 4. The summed E-state index contributed by atoms with van der Waals surface area (Å²) in [5.41, 5.74) is 1.06. The van der Waals surface area contributed by atoms with E-state index in [9.17, 15) is 9.59 Å². The van der Waals surface area contributed by atoms with Crippen molar-refractivity contribution in [2.24, 2.45) is 11.8 Å². The van der Waals surface area contributed by atoms with E-state index in [0.717, 1.165) is 10.0 Å². The molecule has 0 spiro atoms. The molecular formula is C15H18BrNO3. The van der Waals surface area contributed by atoms with E-state index in [1.165, 1.54) is 0 Å². The Kier molecular flexibility index (Phi) is 5.17. The molecule has 108 valence electrons. The number of carbonyl (C=O) groups is 2. The second-order valence-electron chi connectivity index (χ2n) is 5.23. The number of amides is 1. The van der Waals surface area contributed by atoms with Gasteiger partial charge in [-0.3, -0.25) is 9.59 Å². The predicted octanol–water partition coefficient (Wildman–Crippen LogP) is 2.96. The topological polar surface area (TPSA) is 66.4 Å². The van der Waals surface area contributed by atoms with Crippen LogP contribution in [0.5, 0.6) is 0 Å². The van der Waals surface area contributed by atoms with Crippen molar-refractivity contribution in [2.75, 3.05) is 0 Å². The van der Waals surface area contributed by atoms with Gasteiger partial charge in [-0.05, 0) is 43.4 Å². The Morgan fingerprint density at radius 3 is 2.20 bits per heavy atom. The Balaban J connectivity index is 1.78. The van der Waals surface area contributed by atoms with E-state index in [-0.39, 0.29) is 17.7 Å². The third-order valence-electron chi connectivity index (χ3n) is 3.83. The highest BCUT2D eigenvalue weighted by molar-refractivity contribution is 9.10. The summed E-state index contributed by atoms with van der Waals surface area (Å²) in [4.78, 5) is 22.9. The normalized spacial score (nSPS) is 22.2. The number of aliphatic carboxylic acids is 1. The Morgan fingerprint density at radius 1 is 1.10 bits per heavy atom. The summed E-state index contributed by atoms with van der Waals surface area (Å²) in [5.74, 6) is -1.01. The fourth-order valence-corrected chi connectivity index (χ4v) is 2.80. The average Bonchev–Trinajstić information content (AvgIpc) is 2.46. The minimum Gasteiger partial charge on any atom is -0.481 e. The van der Waals surface area contributed by atoms with Gasteiger partial charge in [0.1, 0.15) is 0 Å². The van der Waals surface area contributed by atoms with Crippen LogP contribution < -0.4 is 5.32 Å². The Hall–Kier alpha value is -1.36. The molecule has 1 aliphatic rings. The number of benzene rings is 1. The van der Waals surface area contributed by atoms with Crippen molar-refractivity contribution >= 4 is 27.8 Å². The minimum absolute atomic E-state index is 0.0387. The van der Waals surface area contributed by atoms with Crippen LogP contribution in [0.4, 0.5) is 0 Å². The number of nitrogens with one attached hydrogen (secondary N) is 1. The highest BCUT2D eigenvalue weighted by Gasteiger charge is 2.29. The molecule has 0 radical (unpaired) electrons. The van der Waals surface area contributed by atoms with E-state index >= 15 is 0 Å². The van der Waals surface area contributed by atoms with Gasteiger partial charge < -0.3 is 10.4 Å². The summed E-state index contributed by atoms with van der Waals surface area (Å²) in [7, 11) is 0. The van der Waals surface area contributed by atoms with Gasteiger partial charge in [0.25, 0.3) is 0 Å². The van der Waals surface area contributed by atoms with Crippen LogP contribution in [0.2, 0.25) is 0 Å². The first-order valence-electron chi connectivity index (χ1n) is 6.81. The smallest absolute Gasteiger partial charge is 0.306 e. The highest BCUT2D eigenvalue weighted by Crippen LogP contribution is 2.29. The average molecular weight is 340 g/mol. The van der Waals surface area contributed by atoms with Gasteiger partial charge in [-0.2, -0.15) is 0 Å². The van der Waals surface area contributed by atoms with Crippen LogP contribution in [-0.2, 0) is 16.1 Å². The maximum atomic E-state index is 12.0. The van der Waals surface area contributed by atoms with Gasteiger partial charge in [-0.15, -0.1) is 0 Å². The van der Waals surface area contributed by atoms with E-state index < -0.39 is 5.97 Å². The van der Waals surface area contributed by atoms with E-state index in [0.29, 0.717) is 32.2 Å². The van der Waals surface area contributed by atoms with Gasteiger partial charge in [-0.1, -0.05) is 28.1 Å². The van der Waals surface area contributed by atoms with Gasteiger partial charge in [0.15, 0.2) is 0 Å². The van der Waals surface area contributed by atoms with Crippen molar-refractivity contribution < 1.29 is 14.7 Å². The van der Waals surface area contributed by atoms with Crippen molar-refractivity contribution in [3.05, 3.63) is 34.3 Å². The molecule has 2 N–H and O–H groups in total. The van der Waals surface area contributed by atoms with E-state index in [1.807, 2.05) is 24.3 Å². The Bertz CT molecular complexity index is 478. The highest BCUT2D eigenvalue weighted by atomic mass is 79.9. The molecule has 1 aromatic carbocycles. The maximum absolute atomic E-state index is 12.0. The number of hydrogen-bond donors (Lipinski definition) is 2. The summed E-state index contributed by atoms with van der Waals surface area (Å²) in [6.45, 7) is 0.519. The van der Waals surface area contributed by atoms with Gasteiger partial charge in [-0.25, -0.2) is 0 Å². The third-order valence-corrected chi connectivity index (χ3v) is 4.36. The quantitative estimate of drug-likeness (QED) is 0.886. The van der Waals surface area contributed by atoms with Crippen molar-refractivity contribution in [3.8, 4) is 0 Å². The van der Waals surface area contributed by atoms with Gasteiger partial charge >= 0.3 is 5.97 Å². The first kappa shape index (κ1) is 15.0. The first-order valence-corrected chi connectivity index (χ1v) is 7.60. The number of carbonyl (C=O) groups excluding carboxylic acids is 1. The largest absolute Gasteiger partial charge is 0.481 e. The van der Waals surface area contributed by atoms with Crippen LogP contribution in [-0.4, -0.2) is 17.0 Å². The van der Waals surface area contributed by atoms with Crippen LogP contribution in [0.1, 0.15) is 31.2 Å². The van der Waals surface area contributed by atoms with Gasteiger partial charge in [0.05, 0.1) is 5.92 Å². The second-order valence-corrected chi connectivity index (χ2v) is 6.15. The fourth-order valence-electron chi connectivity index (χ4n) is 2.54. The lowest BCUT2D eigenvalue weighted by Crippen LogP contribution is -2.34. The zero-order valence-electron chi connectivity index (χ0n) is 11.1. The lowest BCUT2D eigenvalue weighted by molar-refractivity contribution is -0.144. The number of carboxylic acid groups (broad SMARTS) is 1. The molecule has 0 heterocycles. The molecule has 1 amide bonds.